The van der Waals surface area contributed by atoms with Crippen LogP contribution in [0, 0.1) is 10.1 Å². The molecular weight excluding hydrogens is 330 g/mol. The first-order chi connectivity index (χ1) is 9.45. The molecule has 0 fully saturated rings. The van der Waals surface area contributed by atoms with Crippen LogP contribution in [0.25, 0.3) is 0 Å². The van der Waals surface area contributed by atoms with E-state index in [0.717, 1.165) is 0 Å². The van der Waals surface area contributed by atoms with Crippen molar-refractivity contribution in [2.24, 2.45) is 0 Å². The van der Waals surface area contributed by atoms with E-state index < -0.39 is 10.8 Å². The molecule has 0 aromatic heterocycles. The smallest absolute Gasteiger partial charge is 0.270 e. The molecular formula is C12H14BrN3O4. The van der Waals surface area contributed by atoms with E-state index in [0.29, 0.717) is 11.0 Å². The number of non-ortho nitro benzene ring substituents is 1. The highest BCUT2D eigenvalue weighted by Gasteiger charge is 2.15. The summed E-state index contributed by atoms with van der Waals surface area (Å²) in [6, 6.07) is 3.93. The zero-order valence-corrected chi connectivity index (χ0v) is 12.4. The predicted molar refractivity (Wildman–Crippen MR) is 76.4 cm³/mol. The number of nitrogens with one attached hydrogen (secondary N) is 2. The second-order valence-electron chi connectivity index (χ2n) is 3.88. The Morgan fingerprint density at radius 1 is 1.35 bits per heavy atom. The van der Waals surface area contributed by atoms with Crippen LogP contribution in [0.4, 0.5) is 5.69 Å². The number of nitro groups is 1. The highest BCUT2D eigenvalue weighted by atomic mass is 79.9. The van der Waals surface area contributed by atoms with Crippen molar-refractivity contribution >= 4 is 33.4 Å². The Bertz CT molecular complexity index is 533. The summed E-state index contributed by atoms with van der Waals surface area (Å²) in [5, 5.41) is 15.8. The molecule has 20 heavy (non-hydrogen) atoms. The van der Waals surface area contributed by atoms with E-state index in [9.17, 15) is 19.7 Å². The van der Waals surface area contributed by atoms with Crippen LogP contribution in [-0.2, 0) is 4.79 Å². The number of nitrogens with zero attached hydrogens (tertiary/aromatic N) is 1. The summed E-state index contributed by atoms with van der Waals surface area (Å²) in [6.07, 6.45) is 0.159. The lowest BCUT2D eigenvalue weighted by Crippen LogP contribution is -2.30. The van der Waals surface area contributed by atoms with E-state index in [4.69, 9.17) is 0 Å². The molecule has 2 N–H and O–H groups in total. The third-order valence-electron chi connectivity index (χ3n) is 2.42. The van der Waals surface area contributed by atoms with Crippen LogP contribution in [0.5, 0.6) is 0 Å². The first-order valence-electron chi connectivity index (χ1n) is 5.94. The maximum absolute atomic E-state index is 11.9. The minimum Gasteiger partial charge on any atom is -0.356 e. The van der Waals surface area contributed by atoms with Crippen molar-refractivity contribution in [3.63, 3.8) is 0 Å². The molecule has 0 bridgehead atoms. The largest absolute Gasteiger partial charge is 0.356 e. The fourth-order valence-electron chi connectivity index (χ4n) is 1.47. The summed E-state index contributed by atoms with van der Waals surface area (Å²) in [4.78, 5) is 33.2. The molecule has 8 heteroatoms. The van der Waals surface area contributed by atoms with Crippen molar-refractivity contribution in [1.29, 1.82) is 0 Å². The van der Waals surface area contributed by atoms with Crippen molar-refractivity contribution in [3.05, 3.63) is 38.3 Å². The fourth-order valence-corrected chi connectivity index (χ4v) is 1.90. The van der Waals surface area contributed by atoms with Crippen LogP contribution in [0.2, 0.25) is 0 Å². The van der Waals surface area contributed by atoms with Gasteiger partial charge in [0.2, 0.25) is 5.91 Å². The van der Waals surface area contributed by atoms with Crippen molar-refractivity contribution in [2.75, 3.05) is 13.1 Å². The molecule has 0 heterocycles. The topological polar surface area (TPSA) is 101 Å². The molecule has 2 amide bonds. The Kier molecular flexibility index (Phi) is 6.10. The second kappa shape index (κ2) is 7.59. The number of amides is 2. The van der Waals surface area contributed by atoms with E-state index in [1.165, 1.54) is 18.2 Å². The Labute approximate surface area is 124 Å². The van der Waals surface area contributed by atoms with Gasteiger partial charge in [0.15, 0.2) is 0 Å². The lowest BCUT2D eigenvalue weighted by atomic mass is 10.2. The molecule has 0 unspecified atom stereocenters. The second-order valence-corrected chi connectivity index (χ2v) is 4.74. The minimum absolute atomic E-state index is 0.159. The average Bonchev–Trinajstić information content (AvgIpc) is 2.39. The maximum atomic E-state index is 11.9. The SMILES string of the molecule is CCNC(=O)CCNC(=O)c1cc([N+](=O)[O-])ccc1Br. The van der Waals surface area contributed by atoms with E-state index in [1.54, 1.807) is 6.92 Å². The number of carbonyl (C=O) groups is 2. The van der Waals surface area contributed by atoms with Gasteiger partial charge >= 0.3 is 0 Å². The van der Waals surface area contributed by atoms with Gasteiger partial charge in [-0.25, -0.2) is 0 Å². The lowest BCUT2D eigenvalue weighted by Gasteiger charge is -2.07. The lowest BCUT2D eigenvalue weighted by molar-refractivity contribution is -0.384. The average molecular weight is 344 g/mol. The molecule has 1 rings (SSSR count). The minimum atomic E-state index is -0.572. The van der Waals surface area contributed by atoms with Gasteiger partial charge in [0.25, 0.3) is 11.6 Å². The van der Waals surface area contributed by atoms with Crippen LogP contribution >= 0.6 is 15.9 Å². The van der Waals surface area contributed by atoms with Gasteiger partial charge in [0.1, 0.15) is 0 Å². The zero-order chi connectivity index (χ0) is 15.1. The molecule has 0 radical (unpaired) electrons. The van der Waals surface area contributed by atoms with Gasteiger partial charge in [-0.1, -0.05) is 0 Å². The molecule has 108 valence electrons. The molecule has 0 aliphatic carbocycles. The third kappa shape index (κ3) is 4.61. The number of halogens is 1. The van der Waals surface area contributed by atoms with Gasteiger partial charge in [0.05, 0.1) is 10.5 Å². The van der Waals surface area contributed by atoms with E-state index in [1.807, 2.05) is 0 Å². The zero-order valence-electron chi connectivity index (χ0n) is 10.8. The highest BCUT2D eigenvalue weighted by molar-refractivity contribution is 9.10. The van der Waals surface area contributed by atoms with Crippen molar-refractivity contribution in [3.8, 4) is 0 Å². The quantitative estimate of drug-likeness (QED) is 0.605. The van der Waals surface area contributed by atoms with Gasteiger partial charge in [-0.05, 0) is 28.9 Å². The monoisotopic (exact) mass is 343 g/mol. The standard InChI is InChI=1S/C12H14BrN3O4/c1-2-14-11(17)5-6-15-12(18)9-7-8(16(19)20)3-4-10(9)13/h3-4,7H,2,5-6H2,1H3,(H,14,17)(H,15,18). The molecule has 0 atom stereocenters. The Hall–Kier alpha value is -1.96. The first-order valence-corrected chi connectivity index (χ1v) is 6.73. The Morgan fingerprint density at radius 3 is 2.65 bits per heavy atom. The number of carbonyl (C=O) groups excluding carboxylic acids is 2. The van der Waals surface area contributed by atoms with Crippen LogP contribution in [0.3, 0.4) is 0 Å². The summed E-state index contributed by atoms with van der Waals surface area (Å²) in [7, 11) is 0. The summed E-state index contributed by atoms with van der Waals surface area (Å²) < 4.78 is 0.457. The molecule has 0 aliphatic rings. The number of nitro benzene ring substituents is 1. The maximum Gasteiger partial charge on any atom is 0.270 e. The van der Waals surface area contributed by atoms with Gasteiger partial charge in [-0.3, -0.25) is 19.7 Å². The van der Waals surface area contributed by atoms with E-state index >= 15 is 0 Å². The third-order valence-corrected chi connectivity index (χ3v) is 3.11. The Balaban J connectivity index is 2.65. The molecule has 1 aromatic rings. The number of rotatable bonds is 6. The Morgan fingerprint density at radius 2 is 2.05 bits per heavy atom. The normalized spacial score (nSPS) is 9.90. The summed E-state index contributed by atoms with van der Waals surface area (Å²) >= 11 is 3.16. The highest BCUT2D eigenvalue weighted by Crippen LogP contribution is 2.22. The summed E-state index contributed by atoms with van der Waals surface area (Å²) in [5.74, 6) is -0.629. The van der Waals surface area contributed by atoms with Crippen molar-refractivity contribution in [1.82, 2.24) is 10.6 Å². The first kappa shape index (κ1) is 16.1. The van der Waals surface area contributed by atoms with Crippen LogP contribution < -0.4 is 10.6 Å². The van der Waals surface area contributed by atoms with Crippen molar-refractivity contribution < 1.29 is 14.5 Å². The van der Waals surface area contributed by atoms with Crippen LogP contribution in [0.15, 0.2) is 22.7 Å². The van der Waals surface area contributed by atoms with Crippen LogP contribution in [-0.4, -0.2) is 29.8 Å². The van der Waals surface area contributed by atoms with E-state index in [2.05, 4.69) is 26.6 Å². The molecule has 7 nitrogen and oxygen atoms in total. The number of hydrogen-bond donors (Lipinski definition) is 2. The molecule has 0 saturated heterocycles. The molecule has 1 aromatic carbocycles. The number of benzene rings is 1. The fraction of sp³-hybridized carbons (Fsp3) is 0.333. The van der Waals surface area contributed by atoms with E-state index in [-0.39, 0.29) is 30.1 Å². The number of hydrogen-bond acceptors (Lipinski definition) is 4. The predicted octanol–water partition coefficient (Wildman–Crippen LogP) is 1.61. The summed E-state index contributed by atoms with van der Waals surface area (Å²) in [6.45, 7) is 2.50. The van der Waals surface area contributed by atoms with Crippen molar-refractivity contribution in [2.45, 2.75) is 13.3 Å². The summed E-state index contributed by atoms with van der Waals surface area (Å²) in [5.41, 5.74) is -0.00262. The van der Waals surface area contributed by atoms with Gasteiger partial charge in [-0.15, -0.1) is 0 Å². The molecule has 0 aliphatic heterocycles. The van der Waals surface area contributed by atoms with Gasteiger partial charge < -0.3 is 10.6 Å². The molecule has 0 saturated carbocycles. The van der Waals surface area contributed by atoms with Gasteiger partial charge in [-0.2, -0.15) is 0 Å². The van der Waals surface area contributed by atoms with Gasteiger partial charge in [0, 0.05) is 36.1 Å². The van der Waals surface area contributed by atoms with Crippen LogP contribution in [0.1, 0.15) is 23.7 Å². The molecule has 0 spiro atoms.